The SMILES string of the molecule is Cc1ccc(-n2nc(C(C)C)cc2OC(=O)c2ccccc2C)cc1. The van der Waals surface area contributed by atoms with Crippen molar-refractivity contribution in [1.82, 2.24) is 9.78 Å². The highest BCUT2D eigenvalue weighted by atomic mass is 16.5. The molecule has 0 bridgehead atoms. The van der Waals surface area contributed by atoms with E-state index >= 15 is 0 Å². The Bertz CT molecular complexity index is 893. The van der Waals surface area contributed by atoms with E-state index in [0.717, 1.165) is 16.9 Å². The summed E-state index contributed by atoms with van der Waals surface area (Å²) in [7, 11) is 0. The van der Waals surface area contributed by atoms with Crippen LogP contribution in [0.5, 0.6) is 5.88 Å². The van der Waals surface area contributed by atoms with E-state index in [1.807, 2.05) is 62.4 Å². The molecule has 0 unspecified atom stereocenters. The van der Waals surface area contributed by atoms with Gasteiger partial charge >= 0.3 is 5.97 Å². The standard InChI is InChI=1S/C21H22N2O2/c1-14(2)19-13-20(23(22-19)17-11-9-15(3)10-12-17)25-21(24)18-8-6-5-7-16(18)4/h5-14H,1-4H3. The highest BCUT2D eigenvalue weighted by Gasteiger charge is 2.18. The fourth-order valence-electron chi connectivity index (χ4n) is 2.56. The van der Waals surface area contributed by atoms with Crippen LogP contribution in [0.25, 0.3) is 5.69 Å². The zero-order valence-corrected chi connectivity index (χ0v) is 15.0. The molecule has 25 heavy (non-hydrogen) atoms. The number of aryl methyl sites for hydroxylation is 2. The fourth-order valence-corrected chi connectivity index (χ4v) is 2.56. The first kappa shape index (κ1) is 17.0. The average molecular weight is 334 g/mol. The summed E-state index contributed by atoms with van der Waals surface area (Å²) in [4.78, 5) is 12.6. The second kappa shape index (κ2) is 6.93. The number of aromatic nitrogens is 2. The number of carbonyl (C=O) groups excluding carboxylic acids is 1. The summed E-state index contributed by atoms with van der Waals surface area (Å²) in [5.41, 5.74) is 4.36. The van der Waals surface area contributed by atoms with E-state index in [-0.39, 0.29) is 11.9 Å². The molecule has 4 heteroatoms. The number of rotatable bonds is 4. The molecule has 0 aliphatic heterocycles. The molecule has 0 radical (unpaired) electrons. The van der Waals surface area contributed by atoms with E-state index in [4.69, 9.17) is 4.74 Å². The Kier molecular flexibility index (Phi) is 4.70. The van der Waals surface area contributed by atoms with Gasteiger partial charge in [-0.2, -0.15) is 5.10 Å². The minimum atomic E-state index is -0.373. The lowest BCUT2D eigenvalue weighted by atomic mass is 10.1. The number of ether oxygens (including phenoxy) is 1. The fraction of sp³-hybridized carbons (Fsp3) is 0.238. The van der Waals surface area contributed by atoms with Gasteiger partial charge in [-0.25, -0.2) is 9.48 Å². The van der Waals surface area contributed by atoms with Gasteiger partial charge in [0.05, 0.1) is 16.9 Å². The summed E-state index contributed by atoms with van der Waals surface area (Å²) in [6.45, 7) is 8.06. The predicted molar refractivity (Wildman–Crippen MR) is 98.5 cm³/mol. The van der Waals surface area contributed by atoms with Crippen molar-refractivity contribution in [2.75, 3.05) is 0 Å². The first-order valence-electron chi connectivity index (χ1n) is 8.40. The maximum absolute atomic E-state index is 12.6. The lowest BCUT2D eigenvalue weighted by Gasteiger charge is -2.09. The third-order valence-electron chi connectivity index (χ3n) is 4.13. The minimum absolute atomic E-state index is 0.239. The summed E-state index contributed by atoms with van der Waals surface area (Å²) < 4.78 is 7.37. The number of nitrogens with zero attached hydrogens (tertiary/aromatic N) is 2. The van der Waals surface area contributed by atoms with Gasteiger partial charge in [-0.15, -0.1) is 0 Å². The van der Waals surface area contributed by atoms with Gasteiger partial charge in [0.2, 0.25) is 5.88 Å². The molecule has 3 rings (SSSR count). The molecule has 0 aliphatic carbocycles. The maximum Gasteiger partial charge on any atom is 0.345 e. The Balaban J connectivity index is 1.99. The van der Waals surface area contributed by atoms with Crippen LogP contribution in [0.1, 0.15) is 46.9 Å². The Morgan fingerprint density at radius 2 is 1.72 bits per heavy atom. The normalized spacial score (nSPS) is 10.9. The molecular formula is C21H22N2O2. The molecule has 2 aromatic carbocycles. The van der Waals surface area contributed by atoms with Crippen LogP contribution in [0.2, 0.25) is 0 Å². The third kappa shape index (κ3) is 3.63. The van der Waals surface area contributed by atoms with Crippen LogP contribution in [-0.4, -0.2) is 15.7 Å². The van der Waals surface area contributed by atoms with Crippen molar-refractivity contribution in [3.63, 3.8) is 0 Å². The van der Waals surface area contributed by atoms with E-state index in [1.54, 1.807) is 10.7 Å². The van der Waals surface area contributed by atoms with Crippen LogP contribution in [0.3, 0.4) is 0 Å². The number of esters is 1. The quantitative estimate of drug-likeness (QED) is 0.642. The third-order valence-corrected chi connectivity index (χ3v) is 4.13. The van der Waals surface area contributed by atoms with E-state index in [9.17, 15) is 4.79 Å². The molecule has 0 fully saturated rings. The molecule has 0 saturated heterocycles. The van der Waals surface area contributed by atoms with Gasteiger partial charge in [-0.05, 0) is 43.5 Å². The van der Waals surface area contributed by atoms with Gasteiger partial charge in [-0.3, -0.25) is 0 Å². The molecule has 0 atom stereocenters. The average Bonchev–Trinajstić information content (AvgIpc) is 3.00. The summed E-state index contributed by atoms with van der Waals surface area (Å²) in [5.74, 6) is 0.296. The van der Waals surface area contributed by atoms with Gasteiger partial charge in [-0.1, -0.05) is 49.7 Å². The van der Waals surface area contributed by atoms with Crippen LogP contribution in [0, 0.1) is 13.8 Å². The van der Waals surface area contributed by atoms with Crippen LogP contribution < -0.4 is 4.74 Å². The van der Waals surface area contributed by atoms with Gasteiger partial charge < -0.3 is 4.74 Å². The van der Waals surface area contributed by atoms with Crippen molar-refractivity contribution in [2.45, 2.75) is 33.6 Å². The number of benzene rings is 2. The first-order valence-corrected chi connectivity index (χ1v) is 8.40. The first-order chi connectivity index (χ1) is 12.0. The van der Waals surface area contributed by atoms with Crippen molar-refractivity contribution < 1.29 is 9.53 Å². The molecule has 0 N–H and O–H groups in total. The van der Waals surface area contributed by atoms with E-state index < -0.39 is 0 Å². The maximum atomic E-state index is 12.6. The second-order valence-corrected chi connectivity index (χ2v) is 6.51. The molecule has 4 nitrogen and oxygen atoms in total. The lowest BCUT2D eigenvalue weighted by molar-refractivity contribution is 0.0722. The monoisotopic (exact) mass is 334 g/mol. The van der Waals surface area contributed by atoms with E-state index in [0.29, 0.717) is 11.4 Å². The molecule has 1 heterocycles. The highest BCUT2D eigenvalue weighted by Crippen LogP contribution is 2.25. The Hall–Kier alpha value is -2.88. The zero-order valence-electron chi connectivity index (χ0n) is 15.0. The zero-order chi connectivity index (χ0) is 18.0. The van der Waals surface area contributed by atoms with Crippen molar-refractivity contribution in [1.29, 1.82) is 0 Å². The molecule has 128 valence electrons. The number of hydrogen-bond donors (Lipinski definition) is 0. The van der Waals surface area contributed by atoms with E-state index in [2.05, 4.69) is 18.9 Å². The molecular weight excluding hydrogens is 312 g/mol. The Labute approximate surface area is 148 Å². The highest BCUT2D eigenvalue weighted by molar-refractivity contribution is 5.92. The Morgan fingerprint density at radius 3 is 2.36 bits per heavy atom. The molecule has 0 aliphatic rings. The number of carbonyl (C=O) groups is 1. The molecule has 0 spiro atoms. The van der Waals surface area contributed by atoms with Crippen LogP contribution in [0.4, 0.5) is 0 Å². The second-order valence-electron chi connectivity index (χ2n) is 6.51. The number of hydrogen-bond acceptors (Lipinski definition) is 3. The van der Waals surface area contributed by atoms with Crippen LogP contribution in [-0.2, 0) is 0 Å². The van der Waals surface area contributed by atoms with Gasteiger partial charge in [0.1, 0.15) is 0 Å². The topological polar surface area (TPSA) is 44.1 Å². The van der Waals surface area contributed by atoms with Crippen molar-refractivity contribution in [2.24, 2.45) is 0 Å². The molecule has 3 aromatic rings. The summed E-state index contributed by atoms with van der Waals surface area (Å²) in [6.07, 6.45) is 0. The summed E-state index contributed by atoms with van der Waals surface area (Å²) >= 11 is 0. The van der Waals surface area contributed by atoms with Gasteiger partial charge in [0.15, 0.2) is 0 Å². The van der Waals surface area contributed by atoms with Crippen molar-refractivity contribution >= 4 is 5.97 Å². The van der Waals surface area contributed by atoms with Crippen LogP contribution >= 0.6 is 0 Å². The smallest absolute Gasteiger partial charge is 0.345 e. The van der Waals surface area contributed by atoms with E-state index in [1.165, 1.54) is 5.56 Å². The lowest BCUT2D eigenvalue weighted by Crippen LogP contribution is -2.13. The van der Waals surface area contributed by atoms with Crippen molar-refractivity contribution in [3.05, 3.63) is 77.0 Å². The van der Waals surface area contributed by atoms with Crippen LogP contribution in [0.15, 0.2) is 54.6 Å². The largest absolute Gasteiger partial charge is 0.404 e. The minimum Gasteiger partial charge on any atom is -0.404 e. The van der Waals surface area contributed by atoms with Gasteiger partial charge in [0.25, 0.3) is 0 Å². The summed E-state index contributed by atoms with van der Waals surface area (Å²) in [5, 5.41) is 4.62. The molecule has 1 aromatic heterocycles. The molecule has 0 amide bonds. The predicted octanol–water partition coefficient (Wildman–Crippen LogP) is 4.83. The Morgan fingerprint density at radius 1 is 1.04 bits per heavy atom. The summed E-state index contributed by atoms with van der Waals surface area (Å²) in [6, 6.07) is 17.2. The van der Waals surface area contributed by atoms with Gasteiger partial charge in [0, 0.05) is 6.07 Å². The van der Waals surface area contributed by atoms with Crippen molar-refractivity contribution in [3.8, 4) is 11.6 Å². The molecule has 0 saturated carbocycles.